The van der Waals surface area contributed by atoms with Gasteiger partial charge in [0.05, 0.1) is 27.9 Å². The summed E-state index contributed by atoms with van der Waals surface area (Å²) in [5.41, 5.74) is -0.373. The number of halogens is 2. The fourth-order valence-electron chi connectivity index (χ4n) is 3.74. The topological polar surface area (TPSA) is 123 Å². The maximum Gasteiger partial charge on any atom is 0.326 e. The molecule has 3 rings (SSSR count). The fourth-order valence-corrected chi connectivity index (χ4v) is 3.74. The molecule has 9 nitrogen and oxygen atoms in total. The van der Waals surface area contributed by atoms with Crippen molar-refractivity contribution in [3.63, 3.8) is 0 Å². The summed E-state index contributed by atoms with van der Waals surface area (Å²) in [4.78, 5) is 31.5. The minimum absolute atomic E-state index is 0.0623. The molecule has 3 amide bonds. The Hall–Kier alpha value is -4.04. The molecule has 0 unspecified atom stereocenters. The van der Waals surface area contributed by atoms with Crippen molar-refractivity contribution in [1.82, 2.24) is 9.55 Å². The number of aliphatic hydroxyl groups is 1. The van der Waals surface area contributed by atoms with Gasteiger partial charge < -0.3 is 19.9 Å². The van der Waals surface area contributed by atoms with E-state index in [0.717, 1.165) is 12.1 Å². The van der Waals surface area contributed by atoms with Crippen LogP contribution in [0.3, 0.4) is 0 Å². The monoisotopic (exact) mass is 526 g/mol. The molecule has 0 saturated heterocycles. The molecule has 2 aromatic carbocycles. The first-order chi connectivity index (χ1) is 17.6. The van der Waals surface area contributed by atoms with Gasteiger partial charge in [0.1, 0.15) is 6.07 Å². The predicted octanol–water partition coefficient (Wildman–Crippen LogP) is 5.39. The molecule has 202 valence electrons. The number of hydrogen-bond acceptors (Lipinski definition) is 5. The second kappa shape index (κ2) is 10.8. The highest BCUT2D eigenvalue weighted by molar-refractivity contribution is 6.00. The van der Waals surface area contributed by atoms with Gasteiger partial charge in [-0.1, -0.05) is 20.8 Å². The Morgan fingerprint density at radius 2 is 1.79 bits per heavy atom. The van der Waals surface area contributed by atoms with Gasteiger partial charge in [-0.2, -0.15) is 5.26 Å². The molecule has 0 saturated carbocycles. The van der Waals surface area contributed by atoms with Gasteiger partial charge in [-0.25, -0.2) is 18.6 Å². The highest BCUT2D eigenvalue weighted by Crippen LogP contribution is 2.28. The van der Waals surface area contributed by atoms with Gasteiger partial charge in [-0.15, -0.1) is 0 Å². The summed E-state index contributed by atoms with van der Waals surface area (Å²) in [5, 5.41) is 23.9. The summed E-state index contributed by atoms with van der Waals surface area (Å²) in [6, 6.07) is 8.05. The number of aryl methyl sites for hydroxylation is 1. The van der Waals surface area contributed by atoms with Gasteiger partial charge in [-0.3, -0.25) is 10.1 Å². The summed E-state index contributed by atoms with van der Waals surface area (Å²) in [5.74, 6) is -2.67. The first-order valence-corrected chi connectivity index (χ1v) is 12.0. The zero-order valence-electron chi connectivity index (χ0n) is 22.3. The summed E-state index contributed by atoms with van der Waals surface area (Å²) in [6.45, 7) is 9.53. The number of benzene rings is 2. The molecule has 1 aromatic heterocycles. The highest BCUT2D eigenvalue weighted by atomic mass is 19.2. The van der Waals surface area contributed by atoms with E-state index in [2.05, 4.69) is 15.6 Å². The molecule has 0 radical (unpaired) electrons. The molecule has 38 heavy (non-hydrogen) atoms. The molecule has 0 aliphatic carbocycles. The molecule has 0 atom stereocenters. The van der Waals surface area contributed by atoms with Crippen LogP contribution in [0.15, 0.2) is 30.3 Å². The van der Waals surface area contributed by atoms with Crippen LogP contribution < -0.4 is 15.5 Å². The minimum Gasteiger partial charge on any atom is -0.390 e. The van der Waals surface area contributed by atoms with Gasteiger partial charge in [0.15, 0.2) is 11.6 Å². The third kappa shape index (κ3) is 6.83. The maximum absolute atomic E-state index is 14.3. The quantitative estimate of drug-likeness (QED) is 0.381. The zero-order chi connectivity index (χ0) is 28.4. The van der Waals surface area contributed by atoms with E-state index >= 15 is 0 Å². The van der Waals surface area contributed by atoms with Gasteiger partial charge in [0, 0.05) is 25.7 Å². The smallest absolute Gasteiger partial charge is 0.326 e. The van der Waals surface area contributed by atoms with Crippen molar-refractivity contribution in [2.75, 3.05) is 22.6 Å². The number of hydrogen-bond donors (Lipinski definition) is 3. The van der Waals surface area contributed by atoms with E-state index in [4.69, 9.17) is 5.26 Å². The number of carbonyl (C=O) groups excluding carboxylic acids is 2. The number of amides is 3. The van der Waals surface area contributed by atoms with Crippen molar-refractivity contribution in [3.05, 3.63) is 47.5 Å². The molecular formula is C27H32F2N6O3. The summed E-state index contributed by atoms with van der Waals surface area (Å²) < 4.78 is 29.9. The van der Waals surface area contributed by atoms with Crippen molar-refractivity contribution in [2.45, 2.75) is 59.6 Å². The molecule has 0 aliphatic rings. The van der Waals surface area contributed by atoms with Crippen LogP contribution in [0.4, 0.5) is 30.9 Å². The van der Waals surface area contributed by atoms with Gasteiger partial charge in [0.25, 0.3) is 0 Å². The molecule has 0 bridgehead atoms. The Bertz CT molecular complexity index is 1410. The number of nitrogens with zero attached hydrogens (tertiary/aromatic N) is 4. The Morgan fingerprint density at radius 1 is 1.11 bits per heavy atom. The van der Waals surface area contributed by atoms with Gasteiger partial charge in [0.2, 0.25) is 11.9 Å². The Morgan fingerprint density at radius 3 is 2.39 bits per heavy atom. The number of nitriles is 1. The van der Waals surface area contributed by atoms with Crippen molar-refractivity contribution < 1.29 is 23.5 Å². The number of aromatic nitrogens is 2. The fraction of sp³-hybridized carbons (Fsp3) is 0.407. The Balaban J connectivity index is 1.93. The van der Waals surface area contributed by atoms with E-state index in [-0.39, 0.29) is 23.8 Å². The number of anilines is 3. The Kier molecular flexibility index (Phi) is 8.07. The van der Waals surface area contributed by atoms with Crippen LogP contribution in [0.2, 0.25) is 0 Å². The molecule has 11 heteroatoms. The van der Waals surface area contributed by atoms with Crippen molar-refractivity contribution in [3.8, 4) is 6.07 Å². The number of imidazole rings is 1. The van der Waals surface area contributed by atoms with Crippen LogP contribution in [-0.2, 0) is 11.3 Å². The van der Waals surface area contributed by atoms with E-state index in [0.29, 0.717) is 29.6 Å². The van der Waals surface area contributed by atoms with E-state index < -0.39 is 34.5 Å². The molecule has 1 heterocycles. The van der Waals surface area contributed by atoms with Crippen LogP contribution in [0, 0.1) is 28.4 Å². The molecule has 3 aromatic rings. The number of carbonyl (C=O) groups is 2. The van der Waals surface area contributed by atoms with Crippen molar-refractivity contribution in [2.24, 2.45) is 5.41 Å². The largest absolute Gasteiger partial charge is 0.390 e. The number of rotatable bonds is 7. The lowest BCUT2D eigenvalue weighted by molar-refractivity contribution is -0.120. The van der Waals surface area contributed by atoms with E-state index in [1.54, 1.807) is 48.6 Å². The Labute approximate surface area is 220 Å². The molecule has 0 aliphatic heterocycles. The van der Waals surface area contributed by atoms with E-state index in [1.165, 1.54) is 6.07 Å². The van der Waals surface area contributed by atoms with Crippen molar-refractivity contribution in [1.29, 1.82) is 5.26 Å². The third-order valence-electron chi connectivity index (χ3n) is 5.80. The standard InChI is InChI=1S/C27H32F2N6O3/c1-26(2,3)14-21(36)34(6)17-8-10-20-19(13-17)31-24(35(20)12-11-27(4,5)38)33-25(37)32-18-9-7-16(15-30)22(28)23(18)29/h7-10,13,38H,11-12,14H2,1-6H3,(H2,31,32,33,37). The summed E-state index contributed by atoms with van der Waals surface area (Å²) in [7, 11) is 1.68. The van der Waals surface area contributed by atoms with E-state index in [1.807, 2.05) is 20.8 Å². The summed E-state index contributed by atoms with van der Waals surface area (Å²) >= 11 is 0. The van der Waals surface area contributed by atoms with Crippen LogP contribution >= 0.6 is 0 Å². The number of urea groups is 1. The van der Waals surface area contributed by atoms with Gasteiger partial charge in [-0.05, 0) is 56.0 Å². The third-order valence-corrected chi connectivity index (χ3v) is 5.80. The van der Waals surface area contributed by atoms with Crippen LogP contribution in [0.5, 0.6) is 0 Å². The zero-order valence-corrected chi connectivity index (χ0v) is 22.3. The molecule has 3 N–H and O–H groups in total. The second-order valence-corrected chi connectivity index (χ2v) is 11.0. The molecule has 0 fully saturated rings. The summed E-state index contributed by atoms with van der Waals surface area (Å²) in [6.07, 6.45) is 0.678. The minimum atomic E-state index is -1.36. The highest BCUT2D eigenvalue weighted by Gasteiger charge is 2.23. The lowest BCUT2D eigenvalue weighted by atomic mass is 9.91. The van der Waals surface area contributed by atoms with Crippen LogP contribution in [0.1, 0.15) is 53.0 Å². The molecule has 0 spiro atoms. The number of fused-ring (bicyclic) bond motifs is 1. The van der Waals surface area contributed by atoms with Crippen LogP contribution in [-0.4, -0.2) is 39.2 Å². The average Bonchev–Trinajstić information content (AvgIpc) is 3.14. The maximum atomic E-state index is 14.3. The lowest BCUT2D eigenvalue weighted by Gasteiger charge is -2.23. The predicted molar refractivity (Wildman–Crippen MR) is 142 cm³/mol. The van der Waals surface area contributed by atoms with Gasteiger partial charge >= 0.3 is 6.03 Å². The van der Waals surface area contributed by atoms with E-state index in [9.17, 15) is 23.5 Å². The lowest BCUT2D eigenvalue weighted by Crippen LogP contribution is -2.29. The van der Waals surface area contributed by atoms with Crippen LogP contribution in [0.25, 0.3) is 11.0 Å². The second-order valence-electron chi connectivity index (χ2n) is 11.0. The molecular weight excluding hydrogens is 494 g/mol. The number of nitrogens with one attached hydrogen (secondary N) is 2. The first kappa shape index (κ1) is 28.5. The van der Waals surface area contributed by atoms with Crippen molar-refractivity contribution >= 4 is 40.3 Å². The SMILES string of the molecule is CN(C(=O)CC(C)(C)C)c1ccc2c(c1)nc(NC(=O)Nc1ccc(C#N)c(F)c1F)n2CCC(C)(C)O. The normalized spacial score (nSPS) is 11.8. The average molecular weight is 527 g/mol. The first-order valence-electron chi connectivity index (χ1n) is 12.0.